The number of rotatable bonds is 3. The molecule has 7 nitrogen and oxygen atoms in total. The summed E-state index contributed by atoms with van der Waals surface area (Å²) in [5.74, 6) is 0.910. The highest BCUT2D eigenvalue weighted by atomic mass is 32.2. The van der Waals surface area contributed by atoms with Gasteiger partial charge < -0.3 is 4.74 Å². The minimum Gasteiger partial charge on any atom is -0.497 e. The lowest BCUT2D eigenvalue weighted by Gasteiger charge is -1.93. The molecule has 0 spiro atoms. The third-order valence-electron chi connectivity index (χ3n) is 1.28. The molecular weight excluding hydrogens is 248 g/mol. The van der Waals surface area contributed by atoms with Gasteiger partial charge >= 0.3 is 10.2 Å². The summed E-state index contributed by atoms with van der Waals surface area (Å²) in [6.45, 7) is 0. The molecule has 0 amide bonds. The first-order valence-corrected chi connectivity index (χ1v) is 5.47. The highest BCUT2D eigenvalue weighted by Gasteiger charge is 2.00. The summed E-state index contributed by atoms with van der Waals surface area (Å²) in [7, 11) is -2.62. The smallest absolute Gasteiger partial charge is 0.383 e. The van der Waals surface area contributed by atoms with Gasteiger partial charge in [0.2, 0.25) is 0 Å². The van der Waals surface area contributed by atoms with E-state index in [1.807, 2.05) is 30.3 Å². The Morgan fingerprint density at radius 1 is 1.06 bits per heavy atom. The molecule has 0 bridgehead atoms. The summed E-state index contributed by atoms with van der Waals surface area (Å²) < 4.78 is 29.2. The van der Waals surface area contributed by atoms with Crippen molar-refractivity contribution in [2.75, 3.05) is 7.11 Å². The lowest BCUT2D eigenvalue weighted by Crippen LogP contribution is -1.86. The molecule has 1 aromatic carbocycles. The molecule has 1 rings (SSSR count). The number of hydrogen-bond acceptors (Lipinski definition) is 5. The van der Waals surface area contributed by atoms with Crippen molar-refractivity contribution in [3.63, 3.8) is 0 Å². The number of benzene rings is 1. The van der Waals surface area contributed by atoms with Crippen LogP contribution in [0.4, 0.5) is 0 Å². The van der Waals surface area contributed by atoms with E-state index in [1.165, 1.54) is 0 Å². The predicted octanol–water partition coefficient (Wildman–Crippen LogP) is 0.598. The van der Waals surface area contributed by atoms with E-state index in [-0.39, 0.29) is 0 Å². The second-order valence-corrected chi connectivity index (χ2v) is 3.59. The lowest BCUT2D eigenvalue weighted by molar-refractivity contribution is 0.415. The normalized spacial score (nSPS) is 8.76. The highest BCUT2D eigenvalue weighted by molar-refractivity contribution is 7.89. The molecule has 17 heavy (non-hydrogen) atoms. The molecule has 0 saturated carbocycles. The maximum Gasteiger partial charge on any atom is 0.383 e. The van der Waals surface area contributed by atoms with E-state index in [9.17, 15) is 18.0 Å². The maximum absolute atomic E-state index is 9.97. The minimum absolute atomic E-state index is 0.707. The Bertz CT molecular complexity index is 504. The summed E-state index contributed by atoms with van der Waals surface area (Å²) in [4.78, 5) is 18.5. The van der Waals surface area contributed by atoms with Crippen LogP contribution < -0.4 is 4.74 Å². The van der Waals surface area contributed by atoms with Crippen molar-refractivity contribution in [1.82, 2.24) is 0 Å². The van der Waals surface area contributed by atoms with Gasteiger partial charge in [0.05, 0.1) is 7.11 Å². The van der Waals surface area contributed by atoms with Crippen molar-refractivity contribution in [2.24, 2.45) is 8.80 Å². The van der Waals surface area contributed by atoms with Crippen LogP contribution in [0.15, 0.2) is 39.1 Å². The van der Waals surface area contributed by atoms with Gasteiger partial charge in [0.1, 0.15) is 5.75 Å². The molecule has 0 N–H and O–H groups in total. The molecule has 1 aromatic rings. The Balaban J connectivity index is 0.000000302. The van der Waals surface area contributed by atoms with Crippen LogP contribution in [-0.4, -0.2) is 27.7 Å². The Hall–Kier alpha value is -2.27. The van der Waals surface area contributed by atoms with E-state index in [0.29, 0.717) is 12.2 Å². The predicted molar refractivity (Wildman–Crippen MR) is 58.2 cm³/mol. The zero-order valence-electron chi connectivity index (χ0n) is 8.73. The van der Waals surface area contributed by atoms with Gasteiger partial charge in [-0.15, -0.1) is 0 Å². The Kier molecular flexibility index (Phi) is 6.89. The topological polar surface area (TPSA) is 102 Å². The molecule has 0 radical (unpaired) electrons. The average Bonchev–Trinajstić information content (AvgIpc) is 2.31. The fourth-order valence-corrected chi connectivity index (χ4v) is 0.900. The second kappa shape index (κ2) is 7.95. The number of nitrogens with zero attached hydrogens (tertiary/aromatic N) is 2. The van der Waals surface area contributed by atoms with Gasteiger partial charge in [-0.25, -0.2) is 9.59 Å². The molecule has 8 heteroatoms. The Labute approximate surface area is 97.7 Å². The van der Waals surface area contributed by atoms with Crippen molar-refractivity contribution >= 4 is 22.4 Å². The van der Waals surface area contributed by atoms with Crippen molar-refractivity contribution in [3.05, 3.63) is 30.3 Å². The standard InChI is InChI=1S/C7H8O.C2N2O4S/c1-8-7-5-3-2-4-6-7;5-1-3-9(7,8)4-2-6/h2-6H,1H3;. The number of hydrogen-bond donors (Lipinski definition) is 0. The van der Waals surface area contributed by atoms with Crippen LogP contribution in [0.25, 0.3) is 0 Å². The van der Waals surface area contributed by atoms with Gasteiger partial charge in [-0.3, -0.25) is 0 Å². The van der Waals surface area contributed by atoms with Crippen molar-refractivity contribution in [2.45, 2.75) is 0 Å². The molecule has 0 aliphatic heterocycles. The summed E-state index contributed by atoms with van der Waals surface area (Å²) in [6, 6.07) is 9.68. The second-order valence-electron chi connectivity index (χ2n) is 2.33. The number of para-hydroxylation sites is 1. The Morgan fingerprint density at radius 2 is 1.53 bits per heavy atom. The molecule has 0 fully saturated rings. The first kappa shape index (κ1) is 14.7. The van der Waals surface area contributed by atoms with Gasteiger partial charge in [0.25, 0.3) is 12.2 Å². The van der Waals surface area contributed by atoms with Gasteiger partial charge in [-0.05, 0) is 12.1 Å². The largest absolute Gasteiger partial charge is 0.497 e. The van der Waals surface area contributed by atoms with Crippen LogP contribution in [-0.2, 0) is 19.8 Å². The molecule has 90 valence electrons. The van der Waals surface area contributed by atoms with Crippen LogP contribution in [0, 0.1) is 0 Å². The van der Waals surface area contributed by atoms with E-state index in [2.05, 4.69) is 8.80 Å². The monoisotopic (exact) mass is 256 g/mol. The molecule has 0 heterocycles. The maximum atomic E-state index is 9.97. The summed E-state index contributed by atoms with van der Waals surface area (Å²) >= 11 is 0. The number of ether oxygens (including phenoxy) is 1. The van der Waals surface area contributed by atoms with E-state index < -0.39 is 10.2 Å². The quantitative estimate of drug-likeness (QED) is 0.582. The molecule has 0 aromatic heterocycles. The van der Waals surface area contributed by atoms with Crippen molar-refractivity contribution in [1.29, 1.82) is 0 Å². The zero-order valence-corrected chi connectivity index (χ0v) is 9.55. The summed E-state index contributed by atoms with van der Waals surface area (Å²) in [6.07, 6.45) is 1.41. The van der Waals surface area contributed by atoms with E-state index in [4.69, 9.17) is 4.74 Å². The zero-order chi connectivity index (χ0) is 13.1. The average molecular weight is 256 g/mol. The molecular formula is C9H8N2O5S. The fraction of sp³-hybridized carbons (Fsp3) is 0.111. The Morgan fingerprint density at radius 3 is 1.82 bits per heavy atom. The lowest BCUT2D eigenvalue weighted by atomic mass is 10.3. The SMILES string of the molecule is COc1ccccc1.O=C=NS(=O)(=O)N=C=O. The first-order valence-electron chi connectivity index (χ1n) is 4.08. The van der Waals surface area contributed by atoms with Gasteiger partial charge in [0.15, 0.2) is 0 Å². The fourth-order valence-electron chi connectivity index (χ4n) is 0.671. The van der Waals surface area contributed by atoms with Gasteiger partial charge in [-0.2, -0.15) is 8.42 Å². The summed E-state index contributed by atoms with van der Waals surface area (Å²) in [5, 5.41) is 0. The number of carbonyl (C=O) groups excluding carboxylic acids is 2. The van der Waals surface area contributed by atoms with E-state index >= 15 is 0 Å². The highest BCUT2D eigenvalue weighted by Crippen LogP contribution is 2.05. The molecule has 0 saturated heterocycles. The van der Waals surface area contributed by atoms with Gasteiger partial charge in [0, 0.05) is 0 Å². The molecule has 0 aliphatic rings. The van der Waals surface area contributed by atoms with Gasteiger partial charge in [-0.1, -0.05) is 27.0 Å². The van der Waals surface area contributed by atoms with Crippen LogP contribution in [0.5, 0.6) is 5.75 Å². The number of isocyanates is 2. The molecule has 0 unspecified atom stereocenters. The number of methoxy groups -OCH3 is 1. The van der Waals surface area contributed by atoms with E-state index in [1.54, 1.807) is 7.11 Å². The van der Waals surface area contributed by atoms with Crippen LogP contribution >= 0.6 is 0 Å². The van der Waals surface area contributed by atoms with E-state index in [0.717, 1.165) is 5.75 Å². The first-order chi connectivity index (χ1) is 8.05. The minimum atomic E-state index is -4.28. The summed E-state index contributed by atoms with van der Waals surface area (Å²) in [5.41, 5.74) is 0. The van der Waals surface area contributed by atoms with Crippen molar-refractivity contribution < 1.29 is 22.7 Å². The van der Waals surface area contributed by atoms with Crippen LogP contribution in [0.1, 0.15) is 0 Å². The molecule has 0 aliphatic carbocycles. The third kappa shape index (κ3) is 7.64. The molecule has 0 atom stereocenters. The van der Waals surface area contributed by atoms with Crippen LogP contribution in [0.3, 0.4) is 0 Å². The third-order valence-corrected chi connectivity index (χ3v) is 1.89. The van der Waals surface area contributed by atoms with Crippen molar-refractivity contribution in [3.8, 4) is 5.75 Å². The van der Waals surface area contributed by atoms with Crippen LogP contribution in [0.2, 0.25) is 0 Å².